The van der Waals surface area contributed by atoms with Crippen LogP contribution in [0.1, 0.15) is 6.92 Å². The van der Waals surface area contributed by atoms with E-state index in [0.29, 0.717) is 11.4 Å². The Morgan fingerprint density at radius 1 is 1.12 bits per heavy atom. The smallest absolute Gasteiger partial charge is 0.287 e. The Balaban J connectivity index is 1.42. The third-order valence-electron chi connectivity index (χ3n) is 5.48. The van der Waals surface area contributed by atoms with Crippen molar-refractivity contribution in [3.8, 4) is 0 Å². The van der Waals surface area contributed by atoms with Gasteiger partial charge in [-0.05, 0) is 43.3 Å². The Bertz CT molecular complexity index is 1410. The second kappa shape index (κ2) is 8.41. The molecule has 1 aliphatic rings. The number of rotatable bonds is 5. The lowest BCUT2D eigenvalue weighted by atomic mass is 10.2. The molecule has 0 unspecified atom stereocenters. The quantitative estimate of drug-likeness (QED) is 0.462. The van der Waals surface area contributed by atoms with Gasteiger partial charge in [0.05, 0.1) is 11.6 Å². The zero-order valence-electron chi connectivity index (χ0n) is 17.8. The molecule has 11 heteroatoms. The van der Waals surface area contributed by atoms with E-state index in [4.69, 9.17) is 0 Å². The number of nitrogens with zero attached hydrogens (tertiary/aromatic N) is 5. The molecule has 2 N–H and O–H groups in total. The molecule has 2 aromatic carbocycles. The highest BCUT2D eigenvalue weighted by Crippen LogP contribution is 2.24. The highest BCUT2D eigenvalue weighted by Gasteiger charge is 2.25. The zero-order valence-corrected chi connectivity index (χ0v) is 18.6. The van der Waals surface area contributed by atoms with Gasteiger partial charge in [0.15, 0.2) is 5.65 Å². The molecular formula is C22H22FN7O2S. The average molecular weight is 468 g/mol. The normalized spacial score (nSPS) is 16.8. The first-order valence-corrected chi connectivity index (χ1v) is 11.9. The summed E-state index contributed by atoms with van der Waals surface area (Å²) in [5.41, 5.74) is 1.94. The summed E-state index contributed by atoms with van der Waals surface area (Å²) in [6, 6.07) is 13.5. The van der Waals surface area contributed by atoms with Crippen molar-refractivity contribution in [2.24, 2.45) is 0 Å². The summed E-state index contributed by atoms with van der Waals surface area (Å²) >= 11 is 0. The Hall–Kier alpha value is -3.57. The van der Waals surface area contributed by atoms with Crippen molar-refractivity contribution >= 4 is 38.4 Å². The van der Waals surface area contributed by atoms with Crippen LogP contribution in [0.3, 0.4) is 0 Å². The number of piperazine rings is 1. The molecule has 33 heavy (non-hydrogen) atoms. The third kappa shape index (κ3) is 4.12. The molecule has 5 rings (SSSR count). The van der Waals surface area contributed by atoms with Crippen LogP contribution in [0.4, 0.5) is 21.7 Å². The van der Waals surface area contributed by atoms with Crippen molar-refractivity contribution in [1.82, 2.24) is 24.5 Å². The van der Waals surface area contributed by atoms with E-state index in [1.54, 1.807) is 0 Å². The summed E-state index contributed by atoms with van der Waals surface area (Å²) in [6.45, 7) is 4.98. The van der Waals surface area contributed by atoms with E-state index < -0.39 is 20.7 Å². The van der Waals surface area contributed by atoms with Crippen LogP contribution in [0.2, 0.25) is 0 Å². The molecule has 0 radical (unpaired) electrons. The molecule has 1 saturated heterocycles. The van der Waals surface area contributed by atoms with E-state index in [1.807, 2.05) is 24.3 Å². The number of benzene rings is 2. The fraction of sp³-hybridized carbons (Fsp3) is 0.227. The monoisotopic (exact) mass is 467 g/mol. The van der Waals surface area contributed by atoms with E-state index >= 15 is 0 Å². The van der Waals surface area contributed by atoms with Crippen LogP contribution in [0.15, 0.2) is 65.8 Å². The first-order chi connectivity index (χ1) is 15.9. The van der Waals surface area contributed by atoms with Gasteiger partial charge in [0, 0.05) is 43.2 Å². The molecule has 0 aliphatic carbocycles. The van der Waals surface area contributed by atoms with Crippen molar-refractivity contribution < 1.29 is 12.8 Å². The van der Waals surface area contributed by atoms with Crippen molar-refractivity contribution in [1.29, 1.82) is 0 Å². The SMILES string of the molecule is C[C@H]1CN(c2ccc(Nc3ncc4cnn(S(=O)(=O)c5ccccc5F)c4n3)cc2)CCN1. The molecule has 0 amide bonds. The van der Waals surface area contributed by atoms with Crippen LogP contribution in [0.5, 0.6) is 0 Å². The van der Waals surface area contributed by atoms with Crippen LogP contribution in [-0.2, 0) is 10.0 Å². The second-order valence-corrected chi connectivity index (χ2v) is 9.60. The minimum absolute atomic E-state index is 0.0576. The van der Waals surface area contributed by atoms with Gasteiger partial charge in [-0.15, -0.1) is 4.09 Å². The number of hydrogen-bond acceptors (Lipinski definition) is 8. The second-order valence-electron chi connectivity index (χ2n) is 7.87. The fourth-order valence-electron chi connectivity index (χ4n) is 3.83. The van der Waals surface area contributed by atoms with Crippen LogP contribution >= 0.6 is 0 Å². The number of nitrogens with one attached hydrogen (secondary N) is 2. The average Bonchev–Trinajstić information content (AvgIpc) is 3.24. The highest BCUT2D eigenvalue weighted by molar-refractivity contribution is 7.90. The number of hydrogen-bond donors (Lipinski definition) is 2. The molecule has 0 saturated carbocycles. The molecule has 3 heterocycles. The summed E-state index contributed by atoms with van der Waals surface area (Å²) in [4.78, 5) is 10.4. The van der Waals surface area contributed by atoms with E-state index in [9.17, 15) is 12.8 Å². The summed E-state index contributed by atoms with van der Waals surface area (Å²) < 4.78 is 40.8. The van der Waals surface area contributed by atoms with E-state index in [-0.39, 0.29) is 11.6 Å². The fourth-order valence-corrected chi connectivity index (χ4v) is 5.13. The first kappa shape index (κ1) is 21.3. The van der Waals surface area contributed by atoms with Gasteiger partial charge in [-0.2, -0.15) is 18.5 Å². The third-order valence-corrected chi connectivity index (χ3v) is 7.09. The zero-order chi connectivity index (χ0) is 23.0. The molecule has 4 aromatic rings. The first-order valence-electron chi connectivity index (χ1n) is 10.5. The minimum atomic E-state index is -4.26. The number of aromatic nitrogens is 4. The molecular weight excluding hydrogens is 445 g/mol. The number of anilines is 3. The summed E-state index contributed by atoms with van der Waals surface area (Å²) in [6.07, 6.45) is 2.81. The van der Waals surface area contributed by atoms with Crippen molar-refractivity contribution in [2.75, 3.05) is 29.9 Å². The van der Waals surface area contributed by atoms with Crippen molar-refractivity contribution in [3.05, 3.63) is 66.7 Å². The minimum Gasteiger partial charge on any atom is -0.369 e. The van der Waals surface area contributed by atoms with Gasteiger partial charge >= 0.3 is 0 Å². The molecule has 170 valence electrons. The highest BCUT2D eigenvalue weighted by atomic mass is 32.2. The summed E-state index contributed by atoms with van der Waals surface area (Å²) in [5.74, 6) is -0.649. The Morgan fingerprint density at radius 3 is 2.67 bits per heavy atom. The van der Waals surface area contributed by atoms with Crippen molar-refractivity contribution in [2.45, 2.75) is 17.9 Å². The largest absolute Gasteiger partial charge is 0.369 e. The lowest BCUT2D eigenvalue weighted by Gasteiger charge is -2.33. The molecule has 1 fully saturated rings. The molecule has 1 aliphatic heterocycles. The predicted molar refractivity (Wildman–Crippen MR) is 124 cm³/mol. The maximum atomic E-state index is 14.2. The maximum absolute atomic E-state index is 14.2. The lowest BCUT2D eigenvalue weighted by Crippen LogP contribution is -2.49. The predicted octanol–water partition coefficient (Wildman–Crippen LogP) is 2.74. The molecule has 9 nitrogen and oxygen atoms in total. The van der Waals surface area contributed by atoms with Crippen LogP contribution < -0.4 is 15.5 Å². The number of fused-ring (bicyclic) bond motifs is 1. The topological polar surface area (TPSA) is 105 Å². The Labute approximate surface area is 190 Å². The molecule has 0 bridgehead atoms. The van der Waals surface area contributed by atoms with Gasteiger partial charge < -0.3 is 15.5 Å². The lowest BCUT2D eigenvalue weighted by molar-refractivity contribution is 0.485. The van der Waals surface area contributed by atoms with Gasteiger partial charge in [-0.1, -0.05) is 12.1 Å². The van der Waals surface area contributed by atoms with Crippen LogP contribution in [0.25, 0.3) is 11.0 Å². The van der Waals surface area contributed by atoms with Crippen molar-refractivity contribution in [3.63, 3.8) is 0 Å². The standard InChI is InChI=1S/C22H22FN7O2S/c1-15-14-29(11-10-24-15)18-8-6-17(7-9-18)27-22-25-12-16-13-26-30(21(16)28-22)33(31,32)20-5-3-2-4-19(20)23/h2-9,12-13,15,24H,10-11,14H2,1H3,(H,25,27,28)/t15-/m0/s1. The Kier molecular flexibility index (Phi) is 5.43. The summed E-state index contributed by atoms with van der Waals surface area (Å²) in [7, 11) is -4.26. The number of halogens is 1. The molecule has 1 atom stereocenters. The maximum Gasteiger partial charge on any atom is 0.287 e. The van der Waals surface area contributed by atoms with Gasteiger partial charge in [-0.25, -0.2) is 9.37 Å². The van der Waals surface area contributed by atoms with Crippen LogP contribution in [0, 0.1) is 5.82 Å². The van der Waals surface area contributed by atoms with Gasteiger partial charge in [0.1, 0.15) is 10.7 Å². The van der Waals surface area contributed by atoms with Gasteiger partial charge in [-0.3, -0.25) is 0 Å². The van der Waals surface area contributed by atoms with Crippen LogP contribution in [-0.4, -0.2) is 53.2 Å². The van der Waals surface area contributed by atoms with Gasteiger partial charge in [0.25, 0.3) is 10.0 Å². The Morgan fingerprint density at radius 2 is 1.91 bits per heavy atom. The van der Waals surface area contributed by atoms with E-state index in [1.165, 1.54) is 30.6 Å². The summed E-state index contributed by atoms with van der Waals surface area (Å²) in [5, 5.41) is 10.9. The molecule has 2 aromatic heterocycles. The van der Waals surface area contributed by atoms with Gasteiger partial charge in [0.2, 0.25) is 5.95 Å². The molecule has 0 spiro atoms. The van der Waals surface area contributed by atoms with E-state index in [0.717, 1.165) is 41.2 Å². The van der Waals surface area contributed by atoms with E-state index in [2.05, 4.69) is 37.5 Å².